The first kappa shape index (κ1) is 21.1. The fraction of sp³-hybridized carbons (Fsp3) is 0.174. The first-order valence-electron chi connectivity index (χ1n) is 9.28. The summed E-state index contributed by atoms with van der Waals surface area (Å²) in [5.74, 6) is 0.319. The molecule has 0 aliphatic heterocycles. The van der Waals surface area contributed by atoms with Gasteiger partial charge in [0.15, 0.2) is 9.84 Å². The summed E-state index contributed by atoms with van der Waals surface area (Å²) in [7, 11) is -3.31. The van der Waals surface area contributed by atoms with Crippen LogP contribution in [0.1, 0.15) is 21.5 Å². The van der Waals surface area contributed by atoms with Gasteiger partial charge >= 0.3 is 0 Å². The Kier molecular flexibility index (Phi) is 7.12. The summed E-state index contributed by atoms with van der Waals surface area (Å²) >= 11 is 1.43. The van der Waals surface area contributed by atoms with Crippen LogP contribution >= 0.6 is 11.8 Å². The van der Waals surface area contributed by atoms with E-state index in [0.29, 0.717) is 22.8 Å². The standard InChI is InChI=1S/C23H23NO3S2/c1-18-10-12-22(13-11-18)29(26,27)15-14-28-21-9-5-8-20(16-21)23(25)24-17-19-6-3-2-4-7-19/h2-13,16H,14-15,17H2,1H3,(H,24,25). The molecule has 3 rings (SSSR count). The van der Waals surface area contributed by atoms with Crippen molar-refractivity contribution >= 4 is 27.5 Å². The smallest absolute Gasteiger partial charge is 0.251 e. The number of carbonyl (C=O) groups excluding carboxylic acids is 1. The normalized spacial score (nSPS) is 11.2. The Bertz CT molecular complexity index is 1060. The molecular formula is C23H23NO3S2. The number of thioether (sulfide) groups is 1. The minimum absolute atomic E-state index is 0.0468. The molecule has 0 spiro atoms. The van der Waals surface area contributed by atoms with Gasteiger partial charge in [-0.3, -0.25) is 4.79 Å². The minimum Gasteiger partial charge on any atom is -0.348 e. The number of hydrogen-bond donors (Lipinski definition) is 1. The fourth-order valence-electron chi connectivity index (χ4n) is 2.74. The van der Waals surface area contributed by atoms with E-state index in [2.05, 4.69) is 5.32 Å². The third-order valence-corrected chi connectivity index (χ3v) is 7.38. The Hall–Kier alpha value is -2.57. The number of nitrogens with one attached hydrogen (secondary N) is 1. The SMILES string of the molecule is Cc1ccc(S(=O)(=O)CCSc2cccc(C(=O)NCc3ccccc3)c2)cc1. The van der Waals surface area contributed by atoms with Crippen LogP contribution < -0.4 is 5.32 Å². The van der Waals surface area contributed by atoms with Gasteiger partial charge in [-0.25, -0.2) is 8.42 Å². The van der Waals surface area contributed by atoms with Crippen LogP contribution in [0.4, 0.5) is 0 Å². The van der Waals surface area contributed by atoms with E-state index < -0.39 is 9.84 Å². The third kappa shape index (κ3) is 6.21. The lowest BCUT2D eigenvalue weighted by atomic mass is 10.2. The Morgan fingerprint density at radius 2 is 1.66 bits per heavy atom. The molecule has 6 heteroatoms. The third-order valence-electron chi connectivity index (χ3n) is 4.39. The highest BCUT2D eigenvalue weighted by molar-refractivity contribution is 8.00. The Morgan fingerprint density at radius 3 is 2.38 bits per heavy atom. The Morgan fingerprint density at radius 1 is 0.931 bits per heavy atom. The summed E-state index contributed by atoms with van der Waals surface area (Å²) in [5, 5.41) is 2.90. The summed E-state index contributed by atoms with van der Waals surface area (Å²) in [5.41, 5.74) is 2.63. The maximum atomic E-state index is 12.5. The molecule has 0 unspecified atom stereocenters. The first-order chi connectivity index (χ1) is 13.9. The van der Waals surface area contributed by atoms with Crippen LogP contribution in [0.25, 0.3) is 0 Å². The summed E-state index contributed by atoms with van der Waals surface area (Å²) in [6.45, 7) is 2.39. The topological polar surface area (TPSA) is 63.2 Å². The molecule has 29 heavy (non-hydrogen) atoms. The molecule has 1 amide bonds. The highest BCUT2D eigenvalue weighted by atomic mass is 32.2. The van der Waals surface area contributed by atoms with Gasteiger partial charge in [0, 0.05) is 22.8 Å². The number of benzene rings is 3. The molecule has 150 valence electrons. The molecule has 0 aromatic heterocycles. The second-order valence-corrected chi connectivity index (χ2v) is 9.95. The zero-order chi connectivity index (χ0) is 20.7. The van der Waals surface area contributed by atoms with E-state index in [0.717, 1.165) is 16.0 Å². The predicted octanol–water partition coefficient (Wildman–Crippen LogP) is 4.49. The Labute approximate surface area is 176 Å². The number of amides is 1. The monoisotopic (exact) mass is 425 g/mol. The van der Waals surface area contributed by atoms with Gasteiger partial charge < -0.3 is 5.32 Å². The lowest BCUT2D eigenvalue weighted by molar-refractivity contribution is 0.0950. The van der Waals surface area contributed by atoms with Crippen molar-refractivity contribution in [1.29, 1.82) is 0 Å². The minimum atomic E-state index is -3.31. The van der Waals surface area contributed by atoms with Crippen LogP contribution in [-0.4, -0.2) is 25.8 Å². The van der Waals surface area contributed by atoms with E-state index in [1.807, 2.05) is 49.4 Å². The average molecular weight is 426 g/mol. The van der Waals surface area contributed by atoms with Crippen molar-refractivity contribution in [2.24, 2.45) is 0 Å². The number of rotatable bonds is 8. The molecule has 0 saturated carbocycles. The van der Waals surface area contributed by atoms with E-state index in [9.17, 15) is 13.2 Å². The molecule has 0 bridgehead atoms. The van der Waals surface area contributed by atoms with Crippen molar-refractivity contribution in [2.75, 3.05) is 11.5 Å². The van der Waals surface area contributed by atoms with Crippen LogP contribution in [-0.2, 0) is 16.4 Å². The maximum absolute atomic E-state index is 12.5. The molecule has 0 atom stereocenters. The van der Waals surface area contributed by atoms with Gasteiger partial charge in [-0.1, -0.05) is 54.1 Å². The fourth-order valence-corrected chi connectivity index (χ4v) is 5.36. The number of carbonyl (C=O) groups is 1. The average Bonchev–Trinajstić information content (AvgIpc) is 2.73. The summed E-state index contributed by atoms with van der Waals surface area (Å²) < 4.78 is 24.9. The first-order valence-corrected chi connectivity index (χ1v) is 11.9. The lowest BCUT2D eigenvalue weighted by Crippen LogP contribution is -2.22. The molecule has 0 fully saturated rings. The zero-order valence-corrected chi connectivity index (χ0v) is 17.8. The van der Waals surface area contributed by atoms with E-state index >= 15 is 0 Å². The second kappa shape index (κ2) is 9.76. The lowest BCUT2D eigenvalue weighted by Gasteiger charge is -2.08. The van der Waals surface area contributed by atoms with Gasteiger partial charge in [-0.05, 0) is 42.8 Å². The van der Waals surface area contributed by atoms with Gasteiger partial charge in [0.25, 0.3) is 5.91 Å². The molecule has 1 N–H and O–H groups in total. The van der Waals surface area contributed by atoms with Gasteiger partial charge in [-0.15, -0.1) is 11.8 Å². The van der Waals surface area contributed by atoms with Gasteiger partial charge in [0.1, 0.15) is 0 Å². The van der Waals surface area contributed by atoms with E-state index in [4.69, 9.17) is 0 Å². The summed E-state index contributed by atoms with van der Waals surface area (Å²) in [4.78, 5) is 13.6. The van der Waals surface area contributed by atoms with Crippen molar-refractivity contribution in [3.05, 3.63) is 95.6 Å². The highest BCUT2D eigenvalue weighted by Crippen LogP contribution is 2.21. The van der Waals surface area contributed by atoms with Crippen molar-refractivity contribution in [2.45, 2.75) is 23.3 Å². The van der Waals surface area contributed by atoms with Crippen LogP contribution in [0.5, 0.6) is 0 Å². The maximum Gasteiger partial charge on any atom is 0.251 e. The van der Waals surface area contributed by atoms with E-state index in [1.165, 1.54) is 11.8 Å². The zero-order valence-electron chi connectivity index (χ0n) is 16.2. The number of hydrogen-bond acceptors (Lipinski definition) is 4. The molecule has 0 heterocycles. The molecule has 3 aromatic rings. The molecule has 0 aliphatic carbocycles. The summed E-state index contributed by atoms with van der Waals surface area (Å²) in [6.07, 6.45) is 0. The quantitative estimate of drug-likeness (QED) is 0.540. The van der Waals surface area contributed by atoms with Crippen LogP contribution in [0.3, 0.4) is 0 Å². The van der Waals surface area contributed by atoms with Crippen LogP contribution in [0.15, 0.2) is 88.7 Å². The predicted molar refractivity (Wildman–Crippen MR) is 118 cm³/mol. The highest BCUT2D eigenvalue weighted by Gasteiger charge is 2.14. The Balaban J connectivity index is 1.55. The number of aryl methyl sites for hydroxylation is 1. The van der Waals surface area contributed by atoms with Crippen molar-refractivity contribution in [3.8, 4) is 0 Å². The number of sulfone groups is 1. The van der Waals surface area contributed by atoms with E-state index in [-0.39, 0.29) is 11.7 Å². The molecular weight excluding hydrogens is 402 g/mol. The van der Waals surface area contributed by atoms with Crippen molar-refractivity contribution in [1.82, 2.24) is 5.32 Å². The summed E-state index contributed by atoms with van der Waals surface area (Å²) in [6, 6.07) is 23.9. The van der Waals surface area contributed by atoms with Crippen LogP contribution in [0, 0.1) is 6.92 Å². The van der Waals surface area contributed by atoms with Crippen molar-refractivity contribution in [3.63, 3.8) is 0 Å². The largest absolute Gasteiger partial charge is 0.348 e. The second-order valence-electron chi connectivity index (χ2n) is 6.68. The molecule has 4 nitrogen and oxygen atoms in total. The van der Waals surface area contributed by atoms with E-state index in [1.54, 1.807) is 36.4 Å². The molecule has 0 saturated heterocycles. The van der Waals surface area contributed by atoms with Gasteiger partial charge in [0.2, 0.25) is 0 Å². The van der Waals surface area contributed by atoms with Crippen LogP contribution in [0.2, 0.25) is 0 Å². The molecule has 0 radical (unpaired) electrons. The van der Waals surface area contributed by atoms with Crippen molar-refractivity contribution < 1.29 is 13.2 Å². The van der Waals surface area contributed by atoms with Gasteiger partial charge in [0.05, 0.1) is 10.6 Å². The molecule has 0 aliphatic rings. The molecule has 3 aromatic carbocycles. The van der Waals surface area contributed by atoms with Gasteiger partial charge in [-0.2, -0.15) is 0 Å².